The van der Waals surface area contributed by atoms with Crippen LogP contribution in [0.3, 0.4) is 0 Å². The van der Waals surface area contributed by atoms with Gasteiger partial charge >= 0.3 is 5.97 Å². The molecule has 1 aliphatic rings. The number of carbonyl (C=O) groups excluding carboxylic acids is 2. The Hall–Kier alpha value is -4.00. The lowest BCUT2D eigenvalue weighted by Gasteiger charge is -2.11. The molecular weight excluding hydrogens is 430 g/mol. The van der Waals surface area contributed by atoms with Crippen molar-refractivity contribution in [3.63, 3.8) is 0 Å². The van der Waals surface area contributed by atoms with Gasteiger partial charge in [0.1, 0.15) is 0 Å². The highest BCUT2D eigenvalue weighted by atomic mass is 16.5. The zero-order valence-electron chi connectivity index (χ0n) is 19.2. The van der Waals surface area contributed by atoms with Crippen LogP contribution in [0.25, 0.3) is 10.8 Å². The van der Waals surface area contributed by atoms with E-state index in [1.165, 1.54) is 4.68 Å². The SMILES string of the molecule is Cc1cc(C(=O)COC(=O)c2nn(Cc3ccccc3)c(=O)c3ccccc23)c(C)n1C1CC1. The molecule has 7 nitrogen and oxygen atoms in total. The van der Waals surface area contributed by atoms with E-state index in [1.807, 2.05) is 50.2 Å². The summed E-state index contributed by atoms with van der Waals surface area (Å²) in [4.78, 5) is 38.9. The molecule has 1 fully saturated rings. The van der Waals surface area contributed by atoms with E-state index in [2.05, 4.69) is 9.67 Å². The number of nitrogens with zero attached hydrogens (tertiary/aromatic N) is 3. The van der Waals surface area contributed by atoms with Crippen molar-refractivity contribution in [3.05, 3.63) is 99.2 Å². The van der Waals surface area contributed by atoms with E-state index >= 15 is 0 Å². The Morgan fingerprint density at radius 2 is 1.68 bits per heavy atom. The molecule has 34 heavy (non-hydrogen) atoms. The zero-order chi connectivity index (χ0) is 23.8. The molecule has 5 rings (SSSR count). The molecule has 172 valence electrons. The number of aromatic nitrogens is 3. The van der Waals surface area contributed by atoms with Crippen LogP contribution >= 0.6 is 0 Å². The second-order valence-corrected chi connectivity index (χ2v) is 8.73. The number of hydrogen-bond acceptors (Lipinski definition) is 5. The van der Waals surface area contributed by atoms with E-state index in [4.69, 9.17) is 4.74 Å². The van der Waals surface area contributed by atoms with Crippen molar-refractivity contribution < 1.29 is 14.3 Å². The minimum absolute atomic E-state index is 0.0161. The first-order valence-electron chi connectivity index (χ1n) is 11.4. The summed E-state index contributed by atoms with van der Waals surface area (Å²) in [6.45, 7) is 3.74. The normalized spacial score (nSPS) is 13.2. The van der Waals surface area contributed by atoms with Crippen LogP contribution in [0.15, 0.2) is 65.5 Å². The highest BCUT2D eigenvalue weighted by Gasteiger charge is 2.28. The van der Waals surface area contributed by atoms with Gasteiger partial charge in [0, 0.05) is 28.4 Å². The number of rotatable bonds is 7. The van der Waals surface area contributed by atoms with Crippen LogP contribution in [-0.2, 0) is 11.3 Å². The predicted molar refractivity (Wildman–Crippen MR) is 128 cm³/mol. The molecule has 0 amide bonds. The number of aryl methyl sites for hydroxylation is 1. The molecule has 2 aromatic carbocycles. The second kappa shape index (κ2) is 8.74. The zero-order valence-corrected chi connectivity index (χ0v) is 19.2. The lowest BCUT2D eigenvalue weighted by Crippen LogP contribution is -2.27. The number of fused-ring (bicyclic) bond motifs is 1. The number of ether oxygens (including phenoxy) is 1. The third-order valence-electron chi connectivity index (χ3n) is 6.27. The van der Waals surface area contributed by atoms with Crippen molar-refractivity contribution in [1.82, 2.24) is 14.3 Å². The molecule has 0 N–H and O–H groups in total. The molecule has 2 heterocycles. The molecule has 0 unspecified atom stereocenters. The molecule has 0 spiro atoms. The maximum atomic E-state index is 13.0. The summed E-state index contributed by atoms with van der Waals surface area (Å²) in [5.74, 6) is -0.988. The first kappa shape index (κ1) is 21.8. The third kappa shape index (κ3) is 4.05. The van der Waals surface area contributed by atoms with Gasteiger partial charge in [0.25, 0.3) is 5.56 Å². The summed E-state index contributed by atoms with van der Waals surface area (Å²) in [5, 5.41) is 5.11. The fourth-order valence-corrected chi connectivity index (χ4v) is 4.48. The summed E-state index contributed by atoms with van der Waals surface area (Å²) in [5.41, 5.74) is 3.12. The van der Waals surface area contributed by atoms with Gasteiger partial charge in [-0.15, -0.1) is 0 Å². The fourth-order valence-electron chi connectivity index (χ4n) is 4.48. The molecule has 1 aliphatic carbocycles. The van der Waals surface area contributed by atoms with Gasteiger partial charge in [-0.3, -0.25) is 9.59 Å². The quantitative estimate of drug-likeness (QED) is 0.308. The maximum absolute atomic E-state index is 13.0. The highest BCUT2D eigenvalue weighted by Crippen LogP contribution is 2.38. The fraction of sp³-hybridized carbons (Fsp3) is 0.259. The van der Waals surface area contributed by atoms with Gasteiger partial charge < -0.3 is 9.30 Å². The monoisotopic (exact) mass is 455 g/mol. The second-order valence-electron chi connectivity index (χ2n) is 8.73. The third-order valence-corrected chi connectivity index (χ3v) is 6.27. The van der Waals surface area contributed by atoms with Gasteiger partial charge in [0.05, 0.1) is 11.9 Å². The first-order chi connectivity index (χ1) is 16.4. The smallest absolute Gasteiger partial charge is 0.359 e. The average Bonchev–Trinajstić information content (AvgIpc) is 3.63. The standard InChI is InChI=1S/C27H25N3O4/c1-17-14-23(18(2)30(17)20-12-13-20)24(31)16-34-27(33)25-21-10-6-7-11-22(21)26(32)29(28-25)15-19-8-4-3-5-9-19/h3-11,14,20H,12-13,15-16H2,1-2H3. The highest BCUT2D eigenvalue weighted by molar-refractivity contribution is 6.04. The van der Waals surface area contributed by atoms with E-state index in [9.17, 15) is 14.4 Å². The van der Waals surface area contributed by atoms with Gasteiger partial charge in [0.15, 0.2) is 12.3 Å². The van der Waals surface area contributed by atoms with Crippen LogP contribution < -0.4 is 5.56 Å². The van der Waals surface area contributed by atoms with Crippen LogP contribution in [0, 0.1) is 13.8 Å². The molecular formula is C27H25N3O4. The minimum Gasteiger partial charge on any atom is -0.452 e. The molecule has 0 atom stereocenters. The van der Waals surface area contributed by atoms with Crippen molar-refractivity contribution in [1.29, 1.82) is 0 Å². The average molecular weight is 456 g/mol. The van der Waals surface area contributed by atoms with Crippen molar-refractivity contribution in [2.75, 3.05) is 6.61 Å². The lowest BCUT2D eigenvalue weighted by atomic mass is 10.1. The van der Waals surface area contributed by atoms with Crippen molar-refractivity contribution >= 4 is 22.5 Å². The molecule has 0 aliphatic heterocycles. The lowest BCUT2D eigenvalue weighted by molar-refractivity contribution is 0.0468. The molecule has 0 radical (unpaired) electrons. The summed E-state index contributed by atoms with van der Waals surface area (Å²) >= 11 is 0. The van der Waals surface area contributed by atoms with Crippen LogP contribution in [0.2, 0.25) is 0 Å². The van der Waals surface area contributed by atoms with Crippen molar-refractivity contribution in [2.24, 2.45) is 0 Å². The number of esters is 1. The Morgan fingerprint density at radius 1 is 1.00 bits per heavy atom. The summed E-state index contributed by atoms with van der Waals surface area (Å²) in [7, 11) is 0. The van der Waals surface area contributed by atoms with E-state index < -0.39 is 5.97 Å². The number of benzene rings is 2. The van der Waals surface area contributed by atoms with Crippen LogP contribution in [0.5, 0.6) is 0 Å². The number of ketones is 1. The maximum Gasteiger partial charge on any atom is 0.359 e. The van der Waals surface area contributed by atoms with E-state index in [-0.39, 0.29) is 30.2 Å². The van der Waals surface area contributed by atoms with Crippen LogP contribution in [-0.4, -0.2) is 32.7 Å². The summed E-state index contributed by atoms with van der Waals surface area (Å²) in [6.07, 6.45) is 2.24. The number of carbonyl (C=O) groups is 2. The molecule has 2 aromatic heterocycles. The molecule has 7 heteroatoms. The first-order valence-corrected chi connectivity index (χ1v) is 11.4. The van der Waals surface area contributed by atoms with Gasteiger partial charge in [-0.25, -0.2) is 9.48 Å². The largest absolute Gasteiger partial charge is 0.452 e. The Bertz CT molecular complexity index is 1460. The summed E-state index contributed by atoms with van der Waals surface area (Å²) in [6, 6.07) is 18.5. The van der Waals surface area contributed by atoms with Gasteiger partial charge in [-0.2, -0.15) is 5.10 Å². The van der Waals surface area contributed by atoms with Gasteiger partial charge in [-0.1, -0.05) is 48.5 Å². The molecule has 1 saturated carbocycles. The molecule has 0 bridgehead atoms. The minimum atomic E-state index is -0.734. The Morgan fingerprint density at radius 3 is 2.38 bits per heavy atom. The van der Waals surface area contributed by atoms with Crippen molar-refractivity contribution in [2.45, 2.75) is 39.3 Å². The van der Waals surface area contributed by atoms with Crippen molar-refractivity contribution in [3.8, 4) is 0 Å². The Balaban J connectivity index is 1.42. The number of hydrogen-bond donors (Lipinski definition) is 0. The van der Waals surface area contributed by atoms with E-state index in [1.54, 1.807) is 24.3 Å². The Labute approximate surface area is 196 Å². The van der Waals surface area contributed by atoms with Crippen LogP contribution in [0.4, 0.5) is 0 Å². The van der Waals surface area contributed by atoms with Gasteiger partial charge in [-0.05, 0) is 44.4 Å². The topological polar surface area (TPSA) is 83.2 Å². The van der Waals surface area contributed by atoms with E-state index in [0.717, 1.165) is 29.8 Å². The molecule has 0 saturated heterocycles. The Kier molecular flexibility index (Phi) is 5.61. The van der Waals surface area contributed by atoms with E-state index in [0.29, 0.717) is 22.4 Å². The van der Waals surface area contributed by atoms with Crippen LogP contribution in [0.1, 0.15) is 56.7 Å². The summed E-state index contributed by atoms with van der Waals surface area (Å²) < 4.78 is 8.85. The number of Topliss-reactive ketones (excluding diaryl/α,β-unsaturated/α-hetero) is 1. The predicted octanol–water partition coefficient (Wildman–Crippen LogP) is 4.24. The molecule has 4 aromatic rings. The van der Waals surface area contributed by atoms with Gasteiger partial charge in [0.2, 0.25) is 5.78 Å².